The zero-order valence-corrected chi connectivity index (χ0v) is 20.9. The Bertz CT molecular complexity index is 1140. The van der Waals surface area contributed by atoms with Gasteiger partial charge in [-0.15, -0.1) is 0 Å². The van der Waals surface area contributed by atoms with Crippen LogP contribution in [0.2, 0.25) is 0 Å². The van der Waals surface area contributed by atoms with Gasteiger partial charge >= 0.3 is 0 Å². The fourth-order valence-electron chi connectivity index (χ4n) is 3.55. The first-order chi connectivity index (χ1) is 16.5. The number of aryl methyl sites for hydroxylation is 1. The van der Waals surface area contributed by atoms with Gasteiger partial charge < -0.3 is 4.74 Å². The van der Waals surface area contributed by atoms with Gasteiger partial charge in [0.25, 0.3) is 10.0 Å². The minimum Gasteiger partial charge on any atom is -0.494 e. The van der Waals surface area contributed by atoms with Crippen LogP contribution in [0.15, 0.2) is 88.9 Å². The average Bonchev–Trinajstić information content (AvgIpc) is 2.85. The molecule has 0 radical (unpaired) electrons. The van der Waals surface area contributed by atoms with Crippen LogP contribution in [0.3, 0.4) is 0 Å². The van der Waals surface area contributed by atoms with Gasteiger partial charge in [0, 0.05) is 11.1 Å². The second-order valence-electron chi connectivity index (χ2n) is 8.37. The van der Waals surface area contributed by atoms with E-state index in [0.717, 1.165) is 28.9 Å². The predicted octanol–water partition coefficient (Wildman–Crippen LogP) is 6.47. The number of nitrogens with zero attached hydrogens (tertiary/aromatic N) is 1. The second-order valence-corrected chi connectivity index (χ2v) is 10.0. The average molecular weight is 479 g/mol. The highest BCUT2D eigenvalue weighted by atomic mass is 32.2. The fraction of sp³-hybridized carbons (Fsp3) is 0.321. The molecule has 1 N–H and O–H groups in total. The molecule has 0 spiro atoms. The molecule has 6 heteroatoms. The number of nitrogens with one attached hydrogen (secondary N) is 1. The minimum absolute atomic E-state index is 0.174. The van der Waals surface area contributed by atoms with Crippen LogP contribution in [0.4, 0.5) is 0 Å². The van der Waals surface area contributed by atoms with E-state index in [4.69, 9.17) is 4.74 Å². The first kappa shape index (κ1) is 25.5. The summed E-state index contributed by atoms with van der Waals surface area (Å²) in [5.74, 6) is 0.796. The molecule has 0 unspecified atom stereocenters. The van der Waals surface area contributed by atoms with Crippen LogP contribution in [-0.4, -0.2) is 20.7 Å². The highest BCUT2D eigenvalue weighted by molar-refractivity contribution is 7.89. The van der Waals surface area contributed by atoms with E-state index in [0.29, 0.717) is 12.3 Å². The summed E-state index contributed by atoms with van der Waals surface area (Å²) in [5.41, 5.74) is 3.14. The van der Waals surface area contributed by atoms with Gasteiger partial charge in [0.05, 0.1) is 17.2 Å². The molecule has 0 fully saturated rings. The van der Waals surface area contributed by atoms with Gasteiger partial charge in [0.2, 0.25) is 0 Å². The molecule has 0 saturated heterocycles. The maximum Gasteiger partial charge on any atom is 0.276 e. The number of unbranched alkanes of at least 4 members (excludes halogenated alkanes) is 5. The predicted molar refractivity (Wildman–Crippen MR) is 139 cm³/mol. The smallest absolute Gasteiger partial charge is 0.276 e. The van der Waals surface area contributed by atoms with Gasteiger partial charge in [0.1, 0.15) is 5.75 Å². The third-order valence-electron chi connectivity index (χ3n) is 5.55. The molecule has 0 bridgehead atoms. The van der Waals surface area contributed by atoms with Crippen LogP contribution in [0.25, 0.3) is 0 Å². The number of hydrogen-bond donors (Lipinski definition) is 1. The molecule has 0 aliphatic rings. The summed E-state index contributed by atoms with van der Waals surface area (Å²) in [5, 5.41) is 4.31. The number of benzene rings is 3. The molecule has 5 nitrogen and oxygen atoms in total. The van der Waals surface area contributed by atoms with Crippen molar-refractivity contribution in [1.82, 2.24) is 4.83 Å². The molecule has 3 rings (SSSR count). The van der Waals surface area contributed by atoms with Gasteiger partial charge in [0.15, 0.2) is 0 Å². The second kappa shape index (κ2) is 12.9. The van der Waals surface area contributed by atoms with Crippen molar-refractivity contribution in [2.24, 2.45) is 5.10 Å². The molecule has 0 aliphatic carbocycles. The summed E-state index contributed by atoms with van der Waals surface area (Å²) in [7, 11) is -3.78. The Kier molecular flexibility index (Phi) is 9.71. The Morgan fingerprint density at radius 1 is 0.794 bits per heavy atom. The van der Waals surface area contributed by atoms with Gasteiger partial charge in [-0.1, -0.05) is 87.1 Å². The van der Waals surface area contributed by atoms with Crippen molar-refractivity contribution in [2.45, 2.75) is 57.3 Å². The molecule has 0 amide bonds. The zero-order chi connectivity index (χ0) is 24.2. The third-order valence-corrected chi connectivity index (χ3v) is 6.77. The van der Waals surface area contributed by atoms with Gasteiger partial charge in [-0.05, 0) is 49.7 Å². The van der Waals surface area contributed by atoms with Crippen LogP contribution < -0.4 is 9.57 Å². The minimum atomic E-state index is -3.78. The van der Waals surface area contributed by atoms with Crippen LogP contribution in [0, 0.1) is 6.92 Å². The lowest BCUT2D eigenvalue weighted by Gasteiger charge is -2.11. The fourth-order valence-corrected chi connectivity index (χ4v) is 4.36. The lowest BCUT2D eigenvalue weighted by atomic mass is 10.0. The van der Waals surface area contributed by atoms with Crippen molar-refractivity contribution in [3.8, 4) is 5.75 Å². The van der Waals surface area contributed by atoms with Crippen LogP contribution in [-0.2, 0) is 10.0 Å². The Balaban J connectivity index is 1.71. The number of hydrazone groups is 1. The summed E-state index contributed by atoms with van der Waals surface area (Å²) in [4.78, 5) is 2.57. The molecule has 0 aliphatic heterocycles. The number of ether oxygens (including phenoxy) is 1. The van der Waals surface area contributed by atoms with E-state index in [-0.39, 0.29) is 4.90 Å². The summed E-state index contributed by atoms with van der Waals surface area (Å²) in [6.07, 6.45) is 7.33. The molecular weight excluding hydrogens is 444 g/mol. The lowest BCUT2D eigenvalue weighted by Crippen LogP contribution is -2.21. The maximum absolute atomic E-state index is 12.8. The Morgan fingerprint density at radius 2 is 1.41 bits per heavy atom. The molecule has 180 valence electrons. The van der Waals surface area contributed by atoms with Crippen molar-refractivity contribution in [3.05, 3.63) is 95.6 Å². The Labute approximate surface area is 203 Å². The molecule has 3 aromatic rings. The monoisotopic (exact) mass is 478 g/mol. The first-order valence-electron chi connectivity index (χ1n) is 11.9. The Morgan fingerprint density at radius 3 is 2.09 bits per heavy atom. The van der Waals surface area contributed by atoms with Crippen molar-refractivity contribution in [1.29, 1.82) is 0 Å². The molecule has 0 aromatic heterocycles. The largest absolute Gasteiger partial charge is 0.494 e. The Hall–Kier alpha value is -3.12. The van der Waals surface area contributed by atoms with Gasteiger partial charge in [-0.3, -0.25) is 0 Å². The molecule has 3 aromatic carbocycles. The number of sulfonamides is 1. The van der Waals surface area contributed by atoms with Crippen LogP contribution >= 0.6 is 0 Å². The SMILES string of the molecule is CCCCCCCCOc1ccc(/C(=N\NS(=O)(=O)c2ccc(C)cc2)c2ccccc2)cc1. The maximum atomic E-state index is 12.8. The normalized spacial score (nSPS) is 11.9. The molecule has 34 heavy (non-hydrogen) atoms. The summed E-state index contributed by atoms with van der Waals surface area (Å²) >= 11 is 0. The zero-order valence-electron chi connectivity index (χ0n) is 20.0. The van der Waals surface area contributed by atoms with Crippen molar-refractivity contribution < 1.29 is 13.2 Å². The van der Waals surface area contributed by atoms with E-state index in [1.165, 1.54) is 32.1 Å². The van der Waals surface area contributed by atoms with E-state index in [2.05, 4.69) is 16.9 Å². The lowest BCUT2D eigenvalue weighted by molar-refractivity contribution is 0.304. The topological polar surface area (TPSA) is 67.8 Å². The van der Waals surface area contributed by atoms with E-state index >= 15 is 0 Å². The molecule has 0 saturated carbocycles. The summed E-state index contributed by atoms with van der Waals surface area (Å²) in [6, 6.07) is 23.8. The standard InChI is InChI=1S/C28H34N2O3S/c1-3-4-5-6-7-11-22-33-26-18-16-25(17-19-26)28(24-12-9-8-10-13-24)29-30-34(31,32)27-20-14-23(2)15-21-27/h8-10,12-21,30H,3-7,11,22H2,1-2H3/b29-28-. The van der Waals surface area contributed by atoms with E-state index in [1.54, 1.807) is 24.3 Å². The van der Waals surface area contributed by atoms with Crippen molar-refractivity contribution in [2.75, 3.05) is 6.61 Å². The van der Waals surface area contributed by atoms with E-state index in [1.807, 2.05) is 61.5 Å². The summed E-state index contributed by atoms with van der Waals surface area (Å²) < 4.78 is 31.4. The van der Waals surface area contributed by atoms with E-state index < -0.39 is 10.0 Å². The van der Waals surface area contributed by atoms with Crippen LogP contribution in [0.5, 0.6) is 5.75 Å². The van der Waals surface area contributed by atoms with Crippen LogP contribution in [0.1, 0.15) is 62.1 Å². The van der Waals surface area contributed by atoms with Gasteiger partial charge in [-0.2, -0.15) is 18.4 Å². The molecule has 0 atom stereocenters. The third kappa shape index (κ3) is 7.73. The number of rotatable bonds is 13. The van der Waals surface area contributed by atoms with Gasteiger partial charge in [-0.25, -0.2) is 0 Å². The van der Waals surface area contributed by atoms with E-state index in [9.17, 15) is 8.42 Å². The number of hydrogen-bond acceptors (Lipinski definition) is 4. The quantitative estimate of drug-likeness (QED) is 0.174. The summed E-state index contributed by atoms with van der Waals surface area (Å²) in [6.45, 7) is 4.83. The highest BCUT2D eigenvalue weighted by Gasteiger charge is 2.14. The highest BCUT2D eigenvalue weighted by Crippen LogP contribution is 2.18. The molecular formula is C28H34N2O3S. The molecule has 0 heterocycles. The first-order valence-corrected chi connectivity index (χ1v) is 13.4. The van der Waals surface area contributed by atoms with Crippen molar-refractivity contribution >= 4 is 15.7 Å². The van der Waals surface area contributed by atoms with Crippen molar-refractivity contribution in [3.63, 3.8) is 0 Å².